The van der Waals surface area contributed by atoms with Gasteiger partial charge in [-0.1, -0.05) is 24.3 Å². The third-order valence-electron chi connectivity index (χ3n) is 3.28. The average Bonchev–Trinajstić information content (AvgIpc) is 2.91. The van der Waals surface area contributed by atoms with E-state index in [0.717, 1.165) is 10.3 Å². The molecule has 0 aliphatic heterocycles. The van der Waals surface area contributed by atoms with Gasteiger partial charge in [-0.3, -0.25) is 0 Å². The maximum absolute atomic E-state index is 12.7. The number of aromatic nitrogens is 1. The summed E-state index contributed by atoms with van der Waals surface area (Å²) >= 11 is 1.25. The van der Waals surface area contributed by atoms with Crippen molar-refractivity contribution in [2.45, 2.75) is 17.1 Å². The van der Waals surface area contributed by atoms with E-state index < -0.39 is 15.1 Å². The fourth-order valence-electron chi connectivity index (χ4n) is 2.17. The van der Waals surface area contributed by atoms with Crippen LogP contribution in [-0.4, -0.2) is 13.4 Å². The molecule has 0 aliphatic rings. The van der Waals surface area contributed by atoms with Gasteiger partial charge in [0.1, 0.15) is 5.01 Å². The summed E-state index contributed by atoms with van der Waals surface area (Å²) in [4.78, 5) is 4.47. The first-order valence-corrected chi connectivity index (χ1v) is 8.94. The Labute approximate surface area is 132 Å². The first-order chi connectivity index (χ1) is 10.5. The van der Waals surface area contributed by atoms with Crippen molar-refractivity contribution in [3.8, 4) is 6.07 Å². The van der Waals surface area contributed by atoms with Crippen molar-refractivity contribution in [1.29, 1.82) is 5.26 Å². The molecule has 1 atom stereocenters. The molecule has 1 aromatic heterocycles. The first-order valence-electron chi connectivity index (χ1n) is 6.58. The first kappa shape index (κ1) is 14.7. The molecule has 3 aromatic rings. The lowest BCUT2D eigenvalue weighted by Crippen LogP contribution is -2.11. The van der Waals surface area contributed by atoms with Crippen LogP contribution >= 0.6 is 11.3 Å². The van der Waals surface area contributed by atoms with Gasteiger partial charge < -0.3 is 0 Å². The minimum absolute atomic E-state index is 0.136. The van der Waals surface area contributed by atoms with Crippen molar-refractivity contribution in [3.63, 3.8) is 0 Å². The summed E-state index contributed by atoms with van der Waals surface area (Å²) in [6.07, 6.45) is 0. The van der Waals surface area contributed by atoms with Crippen LogP contribution in [-0.2, 0) is 9.84 Å². The molecule has 0 N–H and O–H groups in total. The molecule has 4 nitrogen and oxygen atoms in total. The molecular weight excluding hydrogens is 316 g/mol. The summed E-state index contributed by atoms with van der Waals surface area (Å²) in [7, 11) is -3.78. The number of hydrogen-bond donors (Lipinski definition) is 0. The number of rotatable bonds is 3. The van der Waals surface area contributed by atoms with Gasteiger partial charge in [-0.15, -0.1) is 11.3 Å². The van der Waals surface area contributed by atoms with Gasteiger partial charge in [0.15, 0.2) is 0 Å². The van der Waals surface area contributed by atoms with Crippen molar-refractivity contribution in [2.75, 3.05) is 0 Å². The zero-order valence-corrected chi connectivity index (χ0v) is 13.4. The number of thiazole rings is 1. The number of benzene rings is 2. The van der Waals surface area contributed by atoms with Crippen LogP contribution in [0, 0.1) is 18.3 Å². The van der Waals surface area contributed by atoms with Gasteiger partial charge in [0.2, 0.25) is 15.1 Å². The van der Waals surface area contributed by atoms with Crippen LogP contribution in [0.5, 0.6) is 0 Å². The number of sulfone groups is 1. The van der Waals surface area contributed by atoms with E-state index in [-0.39, 0.29) is 4.90 Å². The molecule has 22 heavy (non-hydrogen) atoms. The summed E-state index contributed by atoms with van der Waals surface area (Å²) < 4.78 is 26.2. The van der Waals surface area contributed by atoms with Gasteiger partial charge in [-0.05, 0) is 36.8 Å². The number of fused-ring (bicyclic) bond motifs is 1. The summed E-state index contributed by atoms with van der Waals surface area (Å²) in [5.41, 5.74) is 1.79. The van der Waals surface area contributed by atoms with Crippen molar-refractivity contribution < 1.29 is 8.42 Å². The maximum Gasteiger partial charge on any atom is 0.203 e. The zero-order chi connectivity index (χ0) is 15.7. The molecule has 3 rings (SSSR count). The number of aryl methyl sites for hydroxylation is 1. The third kappa shape index (κ3) is 2.49. The molecule has 1 unspecified atom stereocenters. The Morgan fingerprint density at radius 3 is 2.59 bits per heavy atom. The highest BCUT2D eigenvalue weighted by atomic mass is 32.2. The second-order valence-corrected chi connectivity index (χ2v) is 7.99. The van der Waals surface area contributed by atoms with Crippen molar-refractivity contribution in [2.24, 2.45) is 0 Å². The fourth-order valence-corrected chi connectivity index (χ4v) is 4.95. The Balaban J connectivity index is 2.12. The van der Waals surface area contributed by atoms with Crippen LogP contribution in [0.3, 0.4) is 0 Å². The van der Waals surface area contributed by atoms with Crippen molar-refractivity contribution >= 4 is 31.4 Å². The van der Waals surface area contributed by atoms with Gasteiger partial charge in [-0.2, -0.15) is 5.26 Å². The number of nitriles is 1. The minimum Gasteiger partial charge on any atom is -0.239 e. The van der Waals surface area contributed by atoms with E-state index in [1.54, 1.807) is 18.2 Å². The quantitative estimate of drug-likeness (QED) is 0.736. The molecule has 0 saturated heterocycles. The molecule has 2 aromatic carbocycles. The van der Waals surface area contributed by atoms with Crippen molar-refractivity contribution in [1.82, 2.24) is 4.98 Å². The van der Waals surface area contributed by atoms with E-state index in [4.69, 9.17) is 0 Å². The van der Waals surface area contributed by atoms with Crippen LogP contribution in [0.1, 0.15) is 15.8 Å². The topological polar surface area (TPSA) is 70.8 Å². The normalized spacial score (nSPS) is 12.9. The monoisotopic (exact) mass is 328 g/mol. The molecule has 0 amide bonds. The van der Waals surface area contributed by atoms with Crippen LogP contribution in [0.2, 0.25) is 0 Å². The van der Waals surface area contributed by atoms with Gasteiger partial charge >= 0.3 is 0 Å². The molecule has 0 spiro atoms. The lowest BCUT2D eigenvalue weighted by Gasteiger charge is -2.07. The fraction of sp³-hybridized carbons (Fsp3) is 0.125. The lowest BCUT2D eigenvalue weighted by molar-refractivity contribution is 0.591. The van der Waals surface area contributed by atoms with Crippen LogP contribution in [0.25, 0.3) is 10.2 Å². The molecule has 0 fully saturated rings. The highest BCUT2D eigenvalue weighted by molar-refractivity contribution is 7.92. The van der Waals surface area contributed by atoms with Gasteiger partial charge in [0, 0.05) is 0 Å². The predicted octanol–water partition coefficient (Wildman–Crippen LogP) is 3.64. The van der Waals surface area contributed by atoms with E-state index in [1.165, 1.54) is 23.5 Å². The third-order valence-corrected chi connectivity index (χ3v) is 6.39. The Morgan fingerprint density at radius 1 is 1.18 bits per heavy atom. The molecule has 110 valence electrons. The minimum atomic E-state index is -3.78. The number of hydrogen-bond acceptors (Lipinski definition) is 5. The number of nitrogens with zero attached hydrogens (tertiary/aromatic N) is 2. The van der Waals surface area contributed by atoms with E-state index >= 15 is 0 Å². The summed E-state index contributed by atoms with van der Waals surface area (Å²) in [5, 5.41) is 8.42. The average molecular weight is 328 g/mol. The molecular formula is C16H12N2O2S2. The zero-order valence-electron chi connectivity index (χ0n) is 11.7. The highest BCUT2D eigenvalue weighted by Gasteiger charge is 2.31. The van der Waals surface area contributed by atoms with Crippen LogP contribution in [0.4, 0.5) is 0 Å². The van der Waals surface area contributed by atoms with Crippen molar-refractivity contribution in [3.05, 3.63) is 59.1 Å². The van der Waals surface area contributed by atoms with E-state index in [1.807, 2.05) is 31.2 Å². The van der Waals surface area contributed by atoms with Crippen LogP contribution in [0.15, 0.2) is 53.4 Å². The predicted molar refractivity (Wildman–Crippen MR) is 86.3 cm³/mol. The Hall–Kier alpha value is -2.23. The van der Waals surface area contributed by atoms with Gasteiger partial charge in [0.25, 0.3) is 0 Å². The molecule has 0 bridgehead atoms. The largest absolute Gasteiger partial charge is 0.239 e. The van der Waals surface area contributed by atoms with E-state index in [2.05, 4.69) is 4.98 Å². The Morgan fingerprint density at radius 2 is 1.91 bits per heavy atom. The SMILES string of the molecule is Cc1ccc2nc(C(C#N)S(=O)(=O)c3ccccc3)sc2c1. The summed E-state index contributed by atoms with van der Waals surface area (Å²) in [5.74, 6) is 0. The molecule has 0 radical (unpaired) electrons. The lowest BCUT2D eigenvalue weighted by atomic mass is 10.2. The molecule has 0 saturated carbocycles. The second-order valence-electron chi connectivity index (χ2n) is 4.89. The molecule has 0 aliphatic carbocycles. The molecule has 1 heterocycles. The second kappa shape index (κ2) is 5.52. The Bertz CT molecular complexity index is 970. The van der Waals surface area contributed by atoms with E-state index in [0.29, 0.717) is 10.5 Å². The maximum atomic E-state index is 12.7. The standard InChI is InChI=1S/C16H12N2O2S2/c1-11-7-8-13-14(9-11)21-16(18-13)15(10-17)22(19,20)12-5-3-2-4-6-12/h2-9,15H,1H3. The smallest absolute Gasteiger partial charge is 0.203 e. The molecule has 6 heteroatoms. The Kier molecular flexibility index (Phi) is 3.69. The summed E-state index contributed by atoms with van der Waals surface area (Å²) in [6.45, 7) is 1.96. The van der Waals surface area contributed by atoms with Crippen LogP contribution < -0.4 is 0 Å². The van der Waals surface area contributed by atoms with E-state index in [9.17, 15) is 13.7 Å². The summed E-state index contributed by atoms with van der Waals surface area (Å²) in [6, 6.07) is 15.6. The van der Waals surface area contributed by atoms with Gasteiger partial charge in [-0.25, -0.2) is 13.4 Å². The highest BCUT2D eigenvalue weighted by Crippen LogP contribution is 2.34. The van der Waals surface area contributed by atoms with Gasteiger partial charge in [0.05, 0.1) is 21.2 Å².